The van der Waals surface area contributed by atoms with Gasteiger partial charge in [0.25, 0.3) is 0 Å². The number of hydrogen-bond donors (Lipinski definition) is 2. The molecule has 1 aliphatic rings. The lowest BCUT2D eigenvalue weighted by Gasteiger charge is -2.12. The van der Waals surface area contributed by atoms with Gasteiger partial charge in [0.2, 0.25) is 5.78 Å². The Kier molecular flexibility index (Phi) is 6.01. The second-order valence-electron chi connectivity index (χ2n) is 6.99. The number of quaternary nitrogens is 1. The second-order valence-corrected chi connectivity index (χ2v) is 6.99. The standard InChI is InChI=1S/C24H17NO8/c1-31-23(27)15-7-5-14(6-8-15)11-21-22(26)19-10-9-18(13-20(19)33-21)32-24(28)16-3-2-4-17(12-16)25(29)30/h2-13,25,29H,1H3. The highest BCUT2D eigenvalue weighted by Crippen LogP contribution is 2.35. The molecule has 2 N–H and O–H groups in total. The lowest BCUT2D eigenvalue weighted by molar-refractivity contribution is -0.991. The van der Waals surface area contributed by atoms with Gasteiger partial charge in [-0.3, -0.25) is 4.79 Å². The Balaban J connectivity index is 1.51. The maximum atomic E-state index is 12.6. The van der Waals surface area contributed by atoms with Gasteiger partial charge in [0, 0.05) is 18.2 Å². The third kappa shape index (κ3) is 4.65. The summed E-state index contributed by atoms with van der Waals surface area (Å²) >= 11 is 0. The molecule has 9 heteroatoms. The number of nitrogens with one attached hydrogen (secondary N) is 1. The first kappa shape index (κ1) is 21.9. The average Bonchev–Trinajstić information content (AvgIpc) is 3.13. The van der Waals surface area contributed by atoms with Crippen LogP contribution < -0.4 is 14.7 Å². The average molecular weight is 447 g/mol. The zero-order chi connectivity index (χ0) is 23.5. The maximum absolute atomic E-state index is 12.6. The number of ketones is 1. The molecular formula is C24H17NO8. The number of carbonyl (C=O) groups excluding carboxylic acids is 3. The van der Waals surface area contributed by atoms with Crippen molar-refractivity contribution >= 4 is 29.5 Å². The summed E-state index contributed by atoms with van der Waals surface area (Å²) < 4.78 is 15.6. The van der Waals surface area contributed by atoms with Crippen LogP contribution in [0, 0.1) is 5.21 Å². The zero-order valence-corrected chi connectivity index (χ0v) is 17.2. The molecule has 4 rings (SSSR count). The highest BCUT2D eigenvalue weighted by atomic mass is 16.8. The minimum absolute atomic E-state index is 0.0401. The van der Waals surface area contributed by atoms with Gasteiger partial charge in [0.1, 0.15) is 11.5 Å². The van der Waals surface area contributed by atoms with Crippen molar-refractivity contribution < 1.29 is 39.0 Å². The van der Waals surface area contributed by atoms with Gasteiger partial charge in [-0.25, -0.2) is 14.8 Å². The van der Waals surface area contributed by atoms with Gasteiger partial charge in [-0.15, -0.1) is 0 Å². The summed E-state index contributed by atoms with van der Waals surface area (Å²) in [6.07, 6.45) is 1.53. The third-order valence-electron chi connectivity index (χ3n) is 4.83. The Bertz CT molecular complexity index is 1280. The molecule has 1 atom stereocenters. The number of carbonyl (C=O) groups is 3. The van der Waals surface area contributed by atoms with Gasteiger partial charge < -0.3 is 19.4 Å². The topological polar surface area (TPSA) is 127 Å². The third-order valence-corrected chi connectivity index (χ3v) is 4.83. The van der Waals surface area contributed by atoms with Gasteiger partial charge in [-0.1, -0.05) is 18.2 Å². The van der Waals surface area contributed by atoms with E-state index in [1.54, 1.807) is 24.3 Å². The molecule has 9 nitrogen and oxygen atoms in total. The van der Waals surface area contributed by atoms with Crippen molar-refractivity contribution in [3.05, 3.63) is 100.0 Å². The molecule has 0 spiro atoms. The number of benzene rings is 3. The van der Waals surface area contributed by atoms with E-state index in [0.29, 0.717) is 16.7 Å². The summed E-state index contributed by atoms with van der Waals surface area (Å²) in [6, 6.07) is 16.2. The first-order chi connectivity index (χ1) is 15.9. The molecule has 33 heavy (non-hydrogen) atoms. The predicted molar refractivity (Wildman–Crippen MR) is 114 cm³/mol. The summed E-state index contributed by atoms with van der Waals surface area (Å²) in [6.45, 7) is 0. The lowest BCUT2D eigenvalue weighted by Crippen LogP contribution is -2.99. The summed E-state index contributed by atoms with van der Waals surface area (Å²) in [5, 5.41) is 19.0. The highest BCUT2D eigenvalue weighted by molar-refractivity contribution is 6.14. The molecule has 0 saturated heterocycles. The Labute approximate surface area is 187 Å². The first-order valence-corrected chi connectivity index (χ1v) is 9.68. The molecule has 3 aromatic carbocycles. The molecule has 0 aliphatic carbocycles. The van der Waals surface area contributed by atoms with E-state index in [1.165, 1.54) is 55.7 Å². The Hall–Kier alpha value is -4.31. The first-order valence-electron chi connectivity index (χ1n) is 9.68. The van der Waals surface area contributed by atoms with E-state index in [-0.39, 0.29) is 34.3 Å². The van der Waals surface area contributed by atoms with E-state index in [2.05, 4.69) is 4.74 Å². The number of ether oxygens (including phenoxy) is 3. The van der Waals surface area contributed by atoms with Crippen LogP contribution in [0.3, 0.4) is 0 Å². The molecule has 0 aromatic heterocycles. The van der Waals surface area contributed by atoms with Crippen molar-refractivity contribution in [3.63, 3.8) is 0 Å². The fourth-order valence-electron chi connectivity index (χ4n) is 3.16. The summed E-state index contributed by atoms with van der Waals surface area (Å²) in [4.78, 5) is 36.6. The molecule has 3 aromatic rings. The monoisotopic (exact) mass is 447 g/mol. The van der Waals surface area contributed by atoms with Crippen LogP contribution >= 0.6 is 0 Å². The number of Topliss-reactive ketones (excluding diaryl/α,β-unsaturated/α-hetero) is 1. The smallest absolute Gasteiger partial charge is 0.343 e. The molecule has 0 fully saturated rings. The zero-order valence-electron chi connectivity index (χ0n) is 17.2. The molecular weight excluding hydrogens is 430 g/mol. The van der Waals surface area contributed by atoms with Crippen LogP contribution in [0.2, 0.25) is 0 Å². The number of fused-ring (bicyclic) bond motifs is 1. The van der Waals surface area contributed by atoms with Crippen molar-refractivity contribution in [3.8, 4) is 11.5 Å². The van der Waals surface area contributed by atoms with Crippen molar-refractivity contribution in [1.29, 1.82) is 0 Å². The fraction of sp³-hybridized carbons (Fsp3) is 0.0417. The van der Waals surface area contributed by atoms with Crippen molar-refractivity contribution in [2.24, 2.45) is 0 Å². The molecule has 1 heterocycles. The van der Waals surface area contributed by atoms with Gasteiger partial charge in [-0.05, 0) is 42.0 Å². The van der Waals surface area contributed by atoms with Crippen LogP contribution in [0.25, 0.3) is 6.08 Å². The molecule has 1 unspecified atom stereocenters. The van der Waals surface area contributed by atoms with Gasteiger partial charge >= 0.3 is 11.9 Å². The minimum Gasteiger partial charge on any atom is -0.595 e. The molecule has 0 radical (unpaired) electrons. The number of hydrogen-bond acceptors (Lipinski definition) is 8. The minimum atomic E-state index is -1.16. The second kappa shape index (κ2) is 9.05. The molecule has 0 amide bonds. The van der Waals surface area contributed by atoms with E-state index >= 15 is 0 Å². The molecule has 0 saturated carbocycles. The van der Waals surface area contributed by atoms with Crippen molar-refractivity contribution in [2.75, 3.05) is 7.11 Å². The van der Waals surface area contributed by atoms with E-state index in [0.717, 1.165) is 0 Å². The maximum Gasteiger partial charge on any atom is 0.343 e. The van der Waals surface area contributed by atoms with Crippen LogP contribution in [0.15, 0.2) is 72.5 Å². The van der Waals surface area contributed by atoms with Gasteiger partial charge in [0.05, 0.1) is 23.8 Å². The molecule has 166 valence electrons. The fourth-order valence-corrected chi connectivity index (χ4v) is 3.16. The summed E-state index contributed by atoms with van der Waals surface area (Å²) in [7, 11) is 1.29. The van der Waals surface area contributed by atoms with Crippen LogP contribution in [0.5, 0.6) is 11.5 Å². The van der Waals surface area contributed by atoms with E-state index in [9.17, 15) is 19.6 Å². The van der Waals surface area contributed by atoms with E-state index < -0.39 is 17.2 Å². The van der Waals surface area contributed by atoms with Crippen LogP contribution in [-0.4, -0.2) is 30.0 Å². The number of esters is 2. The lowest BCUT2D eigenvalue weighted by atomic mass is 10.1. The summed E-state index contributed by atoms with van der Waals surface area (Å²) in [5.74, 6) is -1.11. The normalized spacial score (nSPS) is 14.4. The summed E-state index contributed by atoms with van der Waals surface area (Å²) in [5.41, 5.74) is 1.36. The SMILES string of the molecule is COC(=O)c1ccc(C=C2Oc3cc(OC(=O)c4cccc([NH+]([O-])O)c4)ccc3C2=O)cc1. The van der Waals surface area contributed by atoms with Crippen LogP contribution in [-0.2, 0) is 4.74 Å². The highest BCUT2D eigenvalue weighted by Gasteiger charge is 2.28. The Morgan fingerprint density at radius 3 is 2.45 bits per heavy atom. The van der Waals surface area contributed by atoms with Crippen LogP contribution in [0.1, 0.15) is 36.6 Å². The predicted octanol–water partition coefficient (Wildman–Crippen LogP) is 2.71. The number of allylic oxidation sites excluding steroid dienone is 1. The van der Waals surface area contributed by atoms with Crippen molar-refractivity contribution in [1.82, 2.24) is 0 Å². The number of rotatable bonds is 5. The quantitative estimate of drug-likeness (QED) is 0.265. The van der Waals surface area contributed by atoms with Crippen LogP contribution in [0.4, 0.5) is 5.69 Å². The molecule has 1 aliphatic heterocycles. The Morgan fingerprint density at radius 2 is 1.76 bits per heavy atom. The number of methoxy groups -OCH3 is 1. The van der Waals surface area contributed by atoms with Crippen molar-refractivity contribution in [2.45, 2.75) is 0 Å². The largest absolute Gasteiger partial charge is 0.595 e. The van der Waals surface area contributed by atoms with E-state index in [4.69, 9.17) is 14.7 Å². The Morgan fingerprint density at radius 1 is 1.00 bits per heavy atom. The van der Waals surface area contributed by atoms with Gasteiger partial charge in [0.15, 0.2) is 11.4 Å². The van der Waals surface area contributed by atoms with Gasteiger partial charge in [-0.2, -0.15) is 5.23 Å². The molecule has 0 bridgehead atoms. The van der Waals surface area contributed by atoms with E-state index in [1.807, 2.05) is 0 Å².